The van der Waals surface area contributed by atoms with Crippen LogP contribution in [-0.2, 0) is 0 Å². The summed E-state index contributed by atoms with van der Waals surface area (Å²) in [5, 5.41) is 2.52. The molecule has 0 atom stereocenters. The van der Waals surface area contributed by atoms with E-state index in [1.165, 1.54) is 30.5 Å². The molecule has 0 aliphatic heterocycles. The van der Waals surface area contributed by atoms with Crippen molar-refractivity contribution in [3.63, 3.8) is 0 Å². The van der Waals surface area contributed by atoms with Gasteiger partial charge in [0.05, 0.1) is 5.02 Å². The normalized spacial score (nSPS) is 10.2. The predicted molar refractivity (Wildman–Crippen MR) is 66.1 cm³/mol. The molecule has 2 rings (SSSR count). The van der Waals surface area contributed by atoms with E-state index in [2.05, 4.69) is 15.3 Å². The highest BCUT2D eigenvalue weighted by Gasteiger charge is 2.09. The van der Waals surface area contributed by atoms with E-state index in [0.717, 1.165) is 0 Å². The van der Waals surface area contributed by atoms with Gasteiger partial charge in [-0.05, 0) is 31.2 Å². The highest BCUT2D eigenvalue weighted by molar-refractivity contribution is 6.31. The molecule has 1 heterocycles. The van der Waals surface area contributed by atoms with Gasteiger partial charge in [-0.25, -0.2) is 14.4 Å². The first-order valence-electron chi connectivity index (χ1n) is 5.12. The van der Waals surface area contributed by atoms with Crippen molar-refractivity contribution in [2.45, 2.75) is 6.92 Å². The van der Waals surface area contributed by atoms with Gasteiger partial charge in [0.2, 0.25) is 0 Å². The topological polar surface area (TPSA) is 54.9 Å². The van der Waals surface area contributed by atoms with Crippen molar-refractivity contribution in [3.05, 3.63) is 52.8 Å². The minimum atomic E-state index is -0.535. The first kappa shape index (κ1) is 12.4. The second-order valence-electron chi connectivity index (χ2n) is 3.57. The van der Waals surface area contributed by atoms with Gasteiger partial charge in [0, 0.05) is 11.9 Å². The molecule has 0 saturated carbocycles. The van der Waals surface area contributed by atoms with Crippen LogP contribution in [0.4, 0.5) is 10.1 Å². The number of halogens is 2. The zero-order valence-corrected chi connectivity index (χ0v) is 10.2. The molecule has 1 amide bonds. The lowest BCUT2D eigenvalue weighted by Crippen LogP contribution is -2.14. The van der Waals surface area contributed by atoms with Crippen LogP contribution < -0.4 is 5.32 Å². The number of rotatable bonds is 2. The molecule has 1 aromatic heterocycles. The minimum Gasteiger partial charge on any atom is -0.321 e. The number of aryl methyl sites for hydroxylation is 1. The van der Waals surface area contributed by atoms with Crippen LogP contribution in [0.3, 0.4) is 0 Å². The van der Waals surface area contributed by atoms with Gasteiger partial charge in [-0.2, -0.15) is 0 Å². The number of carbonyl (C=O) groups is 1. The van der Waals surface area contributed by atoms with Crippen molar-refractivity contribution >= 4 is 23.2 Å². The van der Waals surface area contributed by atoms with E-state index in [0.29, 0.717) is 11.5 Å². The van der Waals surface area contributed by atoms with Crippen molar-refractivity contribution in [3.8, 4) is 0 Å². The summed E-state index contributed by atoms with van der Waals surface area (Å²) in [6.07, 6.45) is 1.49. The molecule has 4 nitrogen and oxygen atoms in total. The van der Waals surface area contributed by atoms with E-state index in [1.54, 1.807) is 6.92 Å². The first-order valence-corrected chi connectivity index (χ1v) is 5.50. The quantitative estimate of drug-likeness (QED) is 0.908. The number of benzene rings is 1. The molecule has 0 fully saturated rings. The smallest absolute Gasteiger partial charge is 0.274 e. The molecule has 0 bridgehead atoms. The lowest BCUT2D eigenvalue weighted by Gasteiger charge is -2.05. The molecule has 0 aliphatic rings. The van der Waals surface area contributed by atoms with E-state index < -0.39 is 11.7 Å². The van der Waals surface area contributed by atoms with Crippen LogP contribution in [-0.4, -0.2) is 15.9 Å². The van der Waals surface area contributed by atoms with E-state index in [-0.39, 0.29) is 10.7 Å². The summed E-state index contributed by atoms with van der Waals surface area (Å²) in [6, 6.07) is 5.44. The van der Waals surface area contributed by atoms with Gasteiger partial charge < -0.3 is 5.32 Å². The van der Waals surface area contributed by atoms with Crippen molar-refractivity contribution in [2.75, 3.05) is 5.32 Å². The van der Waals surface area contributed by atoms with Crippen LogP contribution >= 0.6 is 11.6 Å². The van der Waals surface area contributed by atoms with E-state index in [9.17, 15) is 9.18 Å². The maximum Gasteiger partial charge on any atom is 0.274 e. The van der Waals surface area contributed by atoms with Crippen LogP contribution in [0.2, 0.25) is 5.02 Å². The molecule has 0 saturated heterocycles. The number of nitrogens with one attached hydrogen (secondary N) is 1. The zero-order valence-electron chi connectivity index (χ0n) is 9.45. The fraction of sp³-hybridized carbons (Fsp3) is 0.0833. The third kappa shape index (κ3) is 2.81. The average molecular weight is 266 g/mol. The molecule has 18 heavy (non-hydrogen) atoms. The van der Waals surface area contributed by atoms with Crippen LogP contribution in [0.15, 0.2) is 30.5 Å². The molecule has 6 heteroatoms. The van der Waals surface area contributed by atoms with Crippen LogP contribution in [0.25, 0.3) is 0 Å². The average Bonchev–Trinajstić information content (AvgIpc) is 2.34. The molecule has 0 aliphatic carbocycles. The standard InChI is InChI=1S/C12H9ClFN3O/c1-7-15-5-4-11(16-7)12(18)17-8-2-3-10(14)9(13)6-8/h2-6H,1H3,(H,17,18). The molecule has 2 aromatic rings. The Morgan fingerprint density at radius 3 is 2.83 bits per heavy atom. The largest absolute Gasteiger partial charge is 0.321 e. The summed E-state index contributed by atoms with van der Waals surface area (Å²) in [6.45, 7) is 1.69. The number of hydrogen-bond donors (Lipinski definition) is 1. The van der Waals surface area contributed by atoms with Crippen molar-refractivity contribution in [1.29, 1.82) is 0 Å². The van der Waals surface area contributed by atoms with Crippen LogP contribution in [0.1, 0.15) is 16.3 Å². The Hall–Kier alpha value is -2.01. The lowest BCUT2D eigenvalue weighted by atomic mass is 10.3. The van der Waals surface area contributed by atoms with Gasteiger partial charge in [-0.3, -0.25) is 4.79 Å². The summed E-state index contributed by atoms with van der Waals surface area (Å²) in [5.41, 5.74) is 0.644. The van der Waals surface area contributed by atoms with Gasteiger partial charge in [-0.1, -0.05) is 11.6 Å². The minimum absolute atomic E-state index is 0.0494. The number of amides is 1. The molecule has 0 unspecified atom stereocenters. The molecule has 1 aromatic carbocycles. The van der Waals surface area contributed by atoms with Gasteiger partial charge in [0.15, 0.2) is 0 Å². The fourth-order valence-electron chi connectivity index (χ4n) is 1.35. The Morgan fingerprint density at radius 1 is 1.39 bits per heavy atom. The van der Waals surface area contributed by atoms with E-state index in [1.807, 2.05) is 0 Å². The second-order valence-corrected chi connectivity index (χ2v) is 3.98. The molecule has 0 radical (unpaired) electrons. The lowest BCUT2D eigenvalue weighted by molar-refractivity contribution is 0.102. The fourth-order valence-corrected chi connectivity index (χ4v) is 1.53. The Bertz CT molecular complexity index is 604. The molecule has 1 N–H and O–H groups in total. The Morgan fingerprint density at radius 2 is 2.17 bits per heavy atom. The Balaban J connectivity index is 2.18. The number of aromatic nitrogens is 2. The summed E-state index contributed by atoms with van der Waals surface area (Å²) >= 11 is 5.62. The van der Waals surface area contributed by atoms with E-state index in [4.69, 9.17) is 11.6 Å². The number of nitrogens with zero attached hydrogens (tertiary/aromatic N) is 2. The highest BCUT2D eigenvalue weighted by atomic mass is 35.5. The maximum atomic E-state index is 12.9. The highest BCUT2D eigenvalue weighted by Crippen LogP contribution is 2.19. The third-order valence-corrected chi connectivity index (χ3v) is 2.48. The van der Waals surface area contributed by atoms with Crippen molar-refractivity contribution in [2.24, 2.45) is 0 Å². The monoisotopic (exact) mass is 265 g/mol. The summed E-state index contributed by atoms with van der Waals surface area (Å²) in [4.78, 5) is 19.7. The summed E-state index contributed by atoms with van der Waals surface area (Å²) in [5.74, 6) is -0.435. The molecular weight excluding hydrogens is 257 g/mol. The Labute approximate surface area is 108 Å². The van der Waals surface area contributed by atoms with Gasteiger partial charge >= 0.3 is 0 Å². The SMILES string of the molecule is Cc1nccc(C(=O)Nc2ccc(F)c(Cl)c2)n1. The third-order valence-electron chi connectivity index (χ3n) is 2.19. The van der Waals surface area contributed by atoms with Crippen molar-refractivity contribution < 1.29 is 9.18 Å². The van der Waals surface area contributed by atoms with Crippen LogP contribution in [0.5, 0.6) is 0 Å². The second kappa shape index (κ2) is 5.10. The number of carbonyl (C=O) groups excluding carboxylic acids is 1. The first-order chi connectivity index (χ1) is 8.56. The predicted octanol–water partition coefficient (Wildman–Crippen LogP) is 2.83. The zero-order chi connectivity index (χ0) is 13.1. The van der Waals surface area contributed by atoms with Gasteiger partial charge in [0.25, 0.3) is 5.91 Å². The van der Waals surface area contributed by atoms with Gasteiger partial charge in [-0.15, -0.1) is 0 Å². The summed E-state index contributed by atoms with van der Waals surface area (Å²) < 4.78 is 12.9. The maximum absolute atomic E-state index is 12.9. The Kier molecular flexibility index (Phi) is 3.53. The number of anilines is 1. The van der Waals surface area contributed by atoms with Crippen LogP contribution in [0, 0.1) is 12.7 Å². The molecule has 0 spiro atoms. The van der Waals surface area contributed by atoms with Gasteiger partial charge in [0.1, 0.15) is 17.3 Å². The molecule has 92 valence electrons. The summed E-state index contributed by atoms with van der Waals surface area (Å²) in [7, 11) is 0. The number of hydrogen-bond acceptors (Lipinski definition) is 3. The van der Waals surface area contributed by atoms with Crippen molar-refractivity contribution in [1.82, 2.24) is 9.97 Å². The molecular formula is C12H9ClFN3O. The van der Waals surface area contributed by atoms with E-state index >= 15 is 0 Å².